The molecule has 0 aromatic heterocycles. The van der Waals surface area contributed by atoms with Gasteiger partial charge in [0, 0.05) is 0 Å². The van der Waals surface area contributed by atoms with Crippen LogP contribution in [0.2, 0.25) is 0 Å². The van der Waals surface area contributed by atoms with Gasteiger partial charge in [-0.05, 0) is 36.9 Å². The topological polar surface area (TPSA) is 29.1 Å². The van der Waals surface area contributed by atoms with Crippen molar-refractivity contribution in [2.75, 3.05) is 6.54 Å². The van der Waals surface area contributed by atoms with Crippen LogP contribution in [0.4, 0.5) is 0 Å². The van der Waals surface area contributed by atoms with Crippen LogP contribution in [0.3, 0.4) is 0 Å². The van der Waals surface area contributed by atoms with Crippen molar-refractivity contribution < 1.29 is 0 Å². The molecule has 0 spiro atoms. The average molecular weight is 354 g/mol. The third-order valence-corrected chi connectivity index (χ3v) is 3.85. The van der Waals surface area contributed by atoms with E-state index in [0.29, 0.717) is 12.4 Å². The maximum absolute atomic E-state index is 4.69. The van der Waals surface area contributed by atoms with Crippen LogP contribution in [0.15, 0.2) is 107 Å². The molecule has 0 heterocycles. The summed E-state index contributed by atoms with van der Waals surface area (Å²) in [6, 6.07) is 22.5. The Hall–Kier alpha value is -3.51. The van der Waals surface area contributed by atoms with Crippen molar-refractivity contribution in [2.24, 2.45) is 9.98 Å². The Morgan fingerprint density at radius 2 is 1.78 bits per heavy atom. The molecule has 0 saturated heterocycles. The van der Waals surface area contributed by atoms with Gasteiger partial charge in [-0.2, -0.15) is 4.85 Å². The molecule has 0 bridgehead atoms. The van der Waals surface area contributed by atoms with Crippen LogP contribution in [0.1, 0.15) is 24.1 Å². The summed E-state index contributed by atoms with van der Waals surface area (Å²) in [6.45, 7) is 9.88. The minimum Gasteiger partial charge on any atom is -0.275 e. The number of aliphatic imine (C=N–C) groups is 2. The zero-order valence-corrected chi connectivity index (χ0v) is 15.6. The van der Waals surface area contributed by atoms with Gasteiger partial charge in [0.25, 0.3) is 0 Å². The molecular formula is C24H24N3+. The maximum atomic E-state index is 4.69. The van der Waals surface area contributed by atoms with Crippen molar-refractivity contribution in [3.8, 4) is 6.07 Å². The highest BCUT2D eigenvalue weighted by Crippen LogP contribution is 2.16. The summed E-state index contributed by atoms with van der Waals surface area (Å²) in [4.78, 5) is 13.3. The lowest BCUT2D eigenvalue weighted by molar-refractivity contribution is 0.955. The van der Waals surface area contributed by atoms with Crippen LogP contribution < -0.4 is 0 Å². The second-order valence-corrected chi connectivity index (χ2v) is 5.70. The summed E-state index contributed by atoms with van der Waals surface area (Å²) in [5, 5.41) is 0. The van der Waals surface area contributed by atoms with Crippen molar-refractivity contribution >= 4 is 12.6 Å². The molecule has 27 heavy (non-hydrogen) atoms. The SMILES string of the molecule is C=C/C=C\C(=C/C)CN=C([N+]#CC(N=C)c1ccccc1)c1ccccc1. The fourth-order valence-electron chi connectivity index (χ4n) is 2.35. The van der Waals surface area contributed by atoms with E-state index in [1.54, 1.807) is 6.08 Å². The molecule has 0 aliphatic carbocycles. The number of hydrogen-bond donors (Lipinski definition) is 0. The van der Waals surface area contributed by atoms with Crippen molar-refractivity contribution in [3.63, 3.8) is 0 Å². The summed E-state index contributed by atoms with van der Waals surface area (Å²) < 4.78 is 0. The molecule has 2 aromatic rings. The van der Waals surface area contributed by atoms with Crippen molar-refractivity contribution in [1.82, 2.24) is 0 Å². The standard InChI is InChI=1S/C24H24N3/c1-4-6-13-20(5-2)18-26-24(22-16-11-8-12-17-22)27-19-23(25-3)21-14-9-7-10-15-21/h4-17,23H,1,3,18H2,2H3/q+1/b13-6-,20-5+,26-24?. The molecule has 3 nitrogen and oxygen atoms in total. The van der Waals surface area contributed by atoms with Gasteiger partial charge >= 0.3 is 5.84 Å². The molecule has 1 unspecified atom stereocenters. The largest absolute Gasteiger partial charge is 0.427 e. The van der Waals surface area contributed by atoms with Gasteiger partial charge in [0.1, 0.15) is 0 Å². The summed E-state index contributed by atoms with van der Waals surface area (Å²) in [7, 11) is 0. The van der Waals surface area contributed by atoms with E-state index in [-0.39, 0.29) is 6.04 Å². The first-order valence-corrected chi connectivity index (χ1v) is 8.79. The van der Waals surface area contributed by atoms with Gasteiger partial charge in [-0.15, -0.1) is 0 Å². The third kappa shape index (κ3) is 6.37. The molecule has 2 rings (SSSR count). The van der Waals surface area contributed by atoms with Crippen LogP contribution in [0.25, 0.3) is 4.85 Å². The molecule has 3 heteroatoms. The minimum absolute atomic E-state index is 0.332. The highest BCUT2D eigenvalue weighted by atomic mass is 14.9. The lowest BCUT2D eigenvalue weighted by Gasteiger charge is -2.00. The van der Waals surface area contributed by atoms with Gasteiger partial charge < -0.3 is 0 Å². The number of nitrogens with zero attached hydrogens (tertiary/aromatic N) is 3. The molecular weight excluding hydrogens is 330 g/mol. The van der Waals surface area contributed by atoms with Crippen molar-refractivity contribution in [3.05, 3.63) is 113 Å². The Morgan fingerprint density at radius 3 is 2.37 bits per heavy atom. The molecule has 0 radical (unpaired) electrons. The van der Waals surface area contributed by atoms with E-state index >= 15 is 0 Å². The predicted molar refractivity (Wildman–Crippen MR) is 117 cm³/mol. The van der Waals surface area contributed by atoms with Gasteiger partial charge in [0.2, 0.25) is 0 Å². The number of benzene rings is 2. The quantitative estimate of drug-likeness (QED) is 0.337. The lowest BCUT2D eigenvalue weighted by atomic mass is 10.1. The van der Waals surface area contributed by atoms with E-state index in [1.165, 1.54) is 0 Å². The highest BCUT2D eigenvalue weighted by Gasteiger charge is 2.15. The van der Waals surface area contributed by atoms with Crippen molar-refractivity contribution in [1.29, 1.82) is 0 Å². The van der Waals surface area contributed by atoms with Crippen LogP contribution in [-0.4, -0.2) is 19.1 Å². The fraction of sp³-hybridized carbons (Fsp3) is 0.125. The summed E-state index contributed by atoms with van der Waals surface area (Å²) in [6.07, 6.45) is 7.66. The van der Waals surface area contributed by atoms with Gasteiger partial charge in [-0.25, -0.2) is 0 Å². The predicted octanol–water partition coefficient (Wildman–Crippen LogP) is 5.90. The molecule has 0 saturated carbocycles. The Balaban J connectivity index is 2.34. The van der Waals surface area contributed by atoms with Gasteiger partial charge in [0.15, 0.2) is 18.7 Å². The monoisotopic (exact) mass is 354 g/mol. The number of rotatable bonds is 7. The number of hydrogen-bond acceptors (Lipinski definition) is 2. The van der Waals surface area contributed by atoms with Gasteiger partial charge in [0.05, 0.1) is 5.56 Å². The smallest absolute Gasteiger partial charge is 0.275 e. The van der Waals surface area contributed by atoms with Crippen LogP contribution >= 0.6 is 0 Å². The van der Waals surface area contributed by atoms with E-state index in [2.05, 4.69) is 34.2 Å². The third-order valence-electron chi connectivity index (χ3n) is 3.85. The molecule has 0 fully saturated rings. The second-order valence-electron chi connectivity index (χ2n) is 5.70. The normalized spacial score (nSPS) is 12.9. The molecule has 0 N–H and O–H groups in total. The van der Waals surface area contributed by atoms with Crippen molar-refractivity contribution in [2.45, 2.75) is 13.0 Å². The first kappa shape index (κ1) is 19.8. The van der Waals surface area contributed by atoms with E-state index in [9.17, 15) is 0 Å². The minimum atomic E-state index is -0.332. The highest BCUT2D eigenvalue weighted by molar-refractivity contribution is 6.06. The molecule has 0 aliphatic rings. The van der Waals surface area contributed by atoms with E-state index in [0.717, 1.165) is 16.7 Å². The number of allylic oxidation sites excluding steroid dienone is 3. The van der Waals surface area contributed by atoms with E-state index < -0.39 is 0 Å². The Bertz CT molecular complexity index is 895. The van der Waals surface area contributed by atoms with Crippen LogP contribution in [-0.2, 0) is 0 Å². The van der Waals surface area contributed by atoms with E-state index in [1.807, 2.05) is 85.8 Å². The zero-order valence-electron chi connectivity index (χ0n) is 15.6. The van der Waals surface area contributed by atoms with Crippen LogP contribution in [0, 0.1) is 6.07 Å². The zero-order chi connectivity index (χ0) is 19.3. The second kappa shape index (κ2) is 11.2. The first-order valence-electron chi connectivity index (χ1n) is 8.79. The van der Waals surface area contributed by atoms with Gasteiger partial charge in [-0.3, -0.25) is 4.99 Å². The van der Waals surface area contributed by atoms with E-state index in [4.69, 9.17) is 0 Å². The van der Waals surface area contributed by atoms with Gasteiger partial charge in [-0.1, -0.05) is 84.4 Å². The first-order chi connectivity index (χ1) is 13.3. The summed E-state index contributed by atoms with van der Waals surface area (Å²) >= 11 is 0. The lowest BCUT2D eigenvalue weighted by Crippen LogP contribution is -1.99. The average Bonchev–Trinajstić information content (AvgIpc) is 2.74. The molecule has 1 atom stereocenters. The number of amidine groups is 1. The fourth-order valence-corrected chi connectivity index (χ4v) is 2.35. The maximum Gasteiger partial charge on any atom is 0.427 e. The Kier molecular flexibility index (Phi) is 8.20. The molecule has 134 valence electrons. The molecule has 2 aromatic carbocycles. The molecule has 0 amide bonds. The Morgan fingerprint density at radius 1 is 1.11 bits per heavy atom. The summed E-state index contributed by atoms with van der Waals surface area (Å²) in [5.41, 5.74) is 3.01. The summed E-state index contributed by atoms with van der Waals surface area (Å²) in [5.74, 6) is 0.617. The van der Waals surface area contributed by atoms with Crippen LogP contribution in [0.5, 0.6) is 0 Å². The molecule has 0 aliphatic heterocycles. The Labute approximate surface area is 161 Å².